The number of aryl methyl sites for hydroxylation is 1. The van der Waals surface area contributed by atoms with Gasteiger partial charge >= 0.3 is 0 Å². The van der Waals surface area contributed by atoms with Crippen LogP contribution in [-0.2, 0) is 10.8 Å². The van der Waals surface area contributed by atoms with Gasteiger partial charge in [0.25, 0.3) is 6.71 Å². The average Bonchev–Trinajstić information content (AvgIpc) is 3.37. The molecule has 1 fully saturated rings. The number of hydrogen-bond donors (Lipinski definition) is 0. The van der Waals surface area contributed by atoms with Crippen molar-refractivity contribution in [2.45, 2.75) is 83.6 Å². The van der Waals surface area contributed by atoms with E-state index in [0.717, 1.165) is 0 Å². The fourth-order valence-electron chi connectivity index (χ4n) is 10.6. The van der Waals surface area contributed by atoms with Crippen molar-refractivity contribution in [2.75, 3.05) is 14.7 Å². The quantitative estimate of drug-likeness (QED) is 0.171. The van der Waals surface area contributed by atoms with Crippen LogP contribution in [0.25, 0.3) is 0 Å². The number of rotatable bonds is 3. The first-order valence-electron chi connectivity index (χ1n) is 19.6. The third-order valence-corrected chi connectivity index (χ3v) is 13.4. The summed E-state index contributed by atoms with van der Waals surface area (Å²) in [6.45, 7) is 14.3. The minimum atomic E-state index is -0.00762. The number of hydrogen-bond acceptors (Lipinski definition) is 3. The van der Waals surface area contributed by atoms with Crippen molar-refractivity contribution >= 4 is 68.6 Å². The van der Waals surface area contributed by atoms with Gasteiger partial charge in [-0.25, -0.2) is 0 Å². The minimum Gasteiger partial charge on any atom is -0.334 e. The second kappa shape index (κ2) is 11.4. The van der Waals surface area contributed by atoms with Crippen molar-refractivity contribution in [1.29, 1.82) is 0 Å². The van der Waals surface area contributed by atoms with Crippen LogP contribution in [0.1, 0.15) is 77.0 Å². The molecule has 0 spiro atoms. The van der Waals surface area contributed by atoms with Gasteiger partial charge in [0.15, 0.2) is 0 Å². The highest BCUT2D eigenvalue weighted by molar-refractivity contribution is 7.00. The molecule has 0 aromatic heterocycles. The molecule has 3 heterocycles. The predicted molar refractivity (Wildman–Crippen MR) is 227 cm³/mol. The van der Waals surface area contributed by atoms with E-state index >= 15 is 0 Å². The molecule has 4 heteroatoms. The Kier molecular flexibility index (Phi) is 6.97. The van der Waals surface area contributed by atoms with Crippen LogP contribution in [0.15, 0.2) is 133 Å². The molecule has 6 aromatic carbocycles. The van der Waals surface area contributed by atoms with Gasteiger partial charge in [0.1, 0.15) is 0 Å². The molecule has 0 amide bonds. The van der Waals surface area contributed by atoms with Crippen LogP contribution >= 0.6 is 0 Å². The predicted octanol–water partition coefficient (Wildman–Crippen LogP) is 11.1. The summed E-state index contributed by atoms with van der Waals surface area (Å²) in [5, 5.41) is 0. The van der Waals surface area contributed by atoms with Gasteiger partial charge in [-0.2, -0.15) is 0 Å². The normalized spacial score (nSPS) is 21.1. The van der Waals surface area contributed by atoms with Crippen LogP contribution < -0.4 is 31.1 Å². The maximum absolute atomic E-state index is 2.73. The molecule has 2 unspecified atom stereocenters. The van der Waals surface area contributed by atoms with Crippen molar-refractivity contribution in [2.24, 2.45) is 0 Å². The molecule has 0 saturated heterocycles. The van der Waals surface area contributed by atoms with Gasteiger partial charge in [-0.1, -0.05) is 113 Å². The van der Waals surface area contributed by atoms with E-state index in [9.17, 15) is 0 Å². The average molecular weight is 690 g/mol. The standard InChI is InChI=1S/C49H48BN3/c1-33-30-44-46-45(31-33)52(36-24-22-34(23-25-36)47(2,3)4)43-32-37(53-41-20-12-10-18-38(41)48(5)28-14-15-29-49(48,53)6)26-27-40(43)50(46)39-19-11-13-21-42(39)51(44)35-16-8-7-9-17-35/h7-13,16-27,30-32H,14-15,28-29H2,1-6H3. The largest absolute Gasteiger partial charge is 0.334 e. The molecule has 3 aliphatic heterocycles. The zero-order valence-corrected chi connectivity index (χ0v) is 31.9. The van der Waals surface area contributed by atoms with Crippen LogP contribution in [0, 0.1) is 6.92 Å². The highest BCUT2D eigenvalue weighted by Crippen LogP contribution is 2.61. The van der Waals surface area contributed by atoms with Gasteiger partial charge in [-0.05, 0) is 126 Å². The zero-order chi connectivity index (χ0) is 36.3. The smallest absolute Gasteiger partial charge is 0.252 e. The molecule has 0 bridgehead atoms. The van der Waals surface area contributed by atoms with E-state index in [1.54, 1.807) is 0 Å². The monoisotopic (exact) mass is 689 g/mol. The molecule has 1 aliphatic carbocycles. The molecule has 10 rings (SSSR count). The number of anilines is 8. The molecule has 262 valence electrons. The van der Waals surface area contributed by atoms with Crippen LogP contribution in [0.2, 0.25) is 0 Å². The molecule has 4 aliphatic rings. The van der Waals surface area contributed by atoms with Crippen molar-refractivity contribution in [3.8, 4) is 0 Å². The molecule has 0 N–H and O–H groups in total. The van der Waals surface area contributed by atoms with Gasteiger partial charge in [0.05, 0.1) is 5.54 Å². The summed E-state index contributed by atoms with van der Waals surface area (Å²) in [6.07, 6.45) is 4.96. The number of nitrogens with zero attached hydrogens (tertiary/aromatic N) is 3. The maximum Gasteiger partial charge on any atom is 0.252 e. The molecule has 6 aromatic rings. The van der Waals surface area contributed by atoms with Gasteiger partial charge in [0, 0.05) is 50.9 Å². The van der Waals surface area contributed by atoms with E-state index in [1.165, 1.54) is 104 Å². The molecule has 2 atom stereocenters. The second-order valence-electron chi connectivity index (χ2n) is 17.4. The molecule has 0 radical (unpaired) electrons. The molecule has 3 nitrogen and oxygen atoms in total. The van der Waals surface area contributed by atoms with E-state index < -0.39 is 0 Å². The van der Waals surface area contributed by atoms with E-state index in [4.69, 9.17) is 0 Å². The Morgan fingerprint density at radius 1 is 0.547 bits per heavy atom. The summed E-state index contributed by atoms with van der Waals surface area (Å²) in [5.41, 5.74) is 18.4. The first kappa shape index (κ1) is 32.4. The number of para-hydroxylation sites is 3. The van der Waals surface area contributed by atoms with Crippen molar-refractivity contribution in [3.05, 3.63) is 150 Å². The SMILES string of the molecule is Cc1cc2c3c(c1)N(c1ccc(C(C)(C)C)cc1)c1cc(N4c5ccccc5C5(C)CCCCC45C)ccc1B3c1ccccc1N2c1ccccc1. The third kappa shape index (κ3) is 4.54. The molecule has 1 saturated carbocycles. The fraction of sp³-hybridized carbons (Fsp3) is 0.265. The van der Waals surface area contributed by atoms with Crippen molar-refractivity contribution in [1.82, 2.24) is 0 Å². The summed E-state index contributed by atoms with van der Waals surface area (Å²) < 4.78 is 0. The number of benzene rings is 6. The number of fused-ring (bicyclic) bond motifs is 7. The Morgan fingerprint density at radius 3 is 1.87 bits per heavy atom. The van der Waals surface area contributed by atoms with Gasteiger partial charge in [-0.15, -0.1) is 0 Å². The Morgan fingerprint density at radius 2 is 1.13 bits per heavy atom. The maximum atomic E-state index is 2.73. The Hall–Kier alpha value is -5.22. The fourth-order valence-corrected chi connectivity index (χ4v) is 10.6. The van der Waals surface area contributed by atoms with Crippen LogP contribution in [0.3, 0.4) is 0 Å². The highest BCUT2D eigenvalue weighted by Gasteiger charge is 2.57. The lowest BCUT2D eigenvalue weighted by Crippen LogP contribution is -2.61. The van der Waals surface area contributed by atoms with E-state index in [1.807, 2.05) is 0 Å². The molecule has 53 heavy (non-hydrogen) atoms. The molecular formula is C49H48BN3. The Bertz CT molecular complexity index is 2410. The summed E-state index contributed by atoms with van der Waals surface area (Å²) in [4.78, 5) is 7.80. The first-order valence-corrected chi connectivity index (χ1v) is 19.6. The van der Waals surface area contributed by atoms with Crippen molar-refractivity contribution < 1.29 is 0 Å². The molecular weight excluding hydrogens is 641 g/mol. The topological polar surface area (TPSA) is 9.72 Å². The van der Waals surface area contributed by atoms with E-state index in [0.29, 0.717) is 0 Å². The van der Waals surface area contributed by atoms with E-state index in [2.05, 4.69) is 190 Å². The lowest BCUT2D eigenvalue weighted by atomic mass is 9.33. The van der Waals surface area contributed by atoms with Crippen LogP contribution in [0.4, 0.5) is 45.5 Å². The lowest BCUT2D eigenvalue weighted by Gasteiger charge is -2.50. The second-order valence-corrected chi connectivity index (χ2v) is 17.4. The van der Waals surface area contributed by atoms with Crippen LogP contribution in [0.5, 0.6) is 0 Å². The third-order valence-electron chi connectivity index (χ3n) is 13.4. The zero-order valence-electron chi connectivity index (χ0n) is 31.9. The van der Waals surface area contributed by atoms with Crippen molar-refractivity contribution in [3.63, 3.8) is 0 Å². The Balaban J connectivity index is 1.25. The van der Waals surface area contributed by atoms with Crippen LogP contribution in [-0.4, -0.2) is 12.3 Å². The lowest BCUT2D eigenvalue weighted by molar-refractivity contribution is 0.195. The first-order chi connectivity index (χ1) is 25.6. The van der Waals surface area contributed by atoms with E-state index in [-0.39, 0.29) is 23.1 Å². The van der Waals surface area contributed by atoms with Gasteiger partial charge in [0.2, 0.25) is 0 Å². The summed E-state index contributed by atoms with van der Waals surface area (Å²) in [6, 6.07) is 50.9. The highest BCUT2D eigenvalue weighted by atomic mass is 15.3. The summed E-state index contributed by atoms with van der Waals surface area (Å²) >= 11 is 0. The Labute approximate surface area is 316 Å². The minimum absolute atomic E-state index is 0.00762. The summed E-state index contributed by atoms with van der Waals surface area (Å²) in [5.74, 6) is 0. The van der Waals surface area contributed by atoms with Gasteiger partial charge in [-0.3, -0.25) is 0 Å². The van der Waals surface area contributed by atoms with Gasteiger partial charge < -0.3 is 14.7 Å². The summed E-state index contributed by atoms with van der Waals surface area (Å²) in [7, 11) is 0.